The molecule has 0 spiro atoms. The summed E-state index contributed by atoms with van der Waals surface area (Å²) in [6.07, 6.45) is 0. The number of hydrogen-bond donors (Lipinski definition) is 0. The topological polar surface area (TPSA) is 0 Å². The van der Waals surface area contributed by atoms with Gasteiger partial charge in [-0.3, -0.25) is 0 Å². The maximum Gasteiger partial charge on any atom is 0.154 e. The molecule has 5 heteroatoms. The Morgan fingerprint density at radius 1 is 1.00 bits per heavy atom. The van der Waals surface area contributed by atoms with Crippen LogP contribution in [0.15, 0.2) is 0 Å². The van der Waals surface area contributed by atoms with Crippen LogP contribution in [0, 0.1) is 6.68 Å². The molecule has 0 bridgehead atoms. The monoisotopic (exact) mass is 213 g/mol. The smallest absolute Gasteiger partial charge is 0.154 e. The Morgan fingerprint density at radius 2 is 1.00 bits per heavy atom. The molecule has 0 aliphatic heterocycles. The van der Waals surface area contributed by atoms with Gasteiger partial charge in [-0.15, -0.1) is 17.0 Å². The summed E-state index contributed by atoms with van der Waals surface area (Å²) in [7, 11) is 0. The molecule has 0 heterocycles. The minimum Gasteiger partial charge on any atom is -0.385 e. The quantitative estimate of drug-likeness (QED) is 0.428. The summed E-state index contributed by atoms with van der Waals surface area (Å²) in [5.74, 6) is 0. The van der Waals surface area contributed by atoms with E-state index in [1.807, 2.05) is 0 Å². The van der Waals surface area contributed by atoms with Crippen LogP contribution in [0.5, 0.6) is 0 Å². The van der Waals surface area contributed by atoms with Gasteiger partial charge in [0.05, 0.1) is 0 Å². The van der Waals surface area contributed by atoms with Gasteiger partial charge >= 0.3 is 0 Å². The molecule has 0 rings (SSSR count). The van der Waals surface area contributed by atoms with Crippen LogP contribution in [0.3, 0.4) is 0 Å². The Morgan fingerprint density at radius 3 is 1.00 bits per heavy atom. The molecule has 0 unspecified atom stereocenters. The van der Waals surface area contributed by atoms with Gasteiger partial charge in [0.2, 0.25) is 0 Å². The van der Waals surface area contributed by atoms with Crippen molar-refractivity contribution in [1.29, 1.82) is 0 Å². The first-order valence-electron chi connectivity index (χ1n) is 0.567. The van der Waals surface area contributed by atoms with Crippen molar-refractivity contribution in [3.63, 3.8) is 0 Å². The second kappa shape index (κ2) is 9.31. The molecule has 0 saturated heterocycles. The van der Waals surface area contributed by atoms with Crippen LogP contribution in [-0.4, -0.2) is 0 Å². The van der Waals surface area contributed by atoms with Crippen LogP contribution in [0.25, 0.3) is 0 Å². The van der Waals surface area contributed by atoms with Gasteiger partial charge in [0.25, 0.3) is 0 Å². The number of halogens is 4. The Bertz CT molecular complexity index is 15.5. The Hall–Kier alpha value is 0.893. The SMILES string of the molecule is Br.F[C-](F)F.[Zn]. The maximum absolute atomic E-state index is 9.58. The van der Waals surface area contributed by atoms with Crippen molar-refractivity contribution in [2.75, 3.05) is 0 Å². The summed E-state index contributed by atoms with van der Waals surface area (Å²) >= 11 is 0. The third kappa shape index (κ3) is 92.9. The van der Waals surface area contributed by atoms with Crippen molar-refractivity contribution >= 4 is 17.0 Å². The van der Waals surface area contributed by atoms with E-state index in [-0.39, 0.29) is 36.5 Å². The Labute approximate surface area is 56.6 Å². The molecule has 0 atom stereocenters. The molecule has 0 fully saturated rings. The van der Waals surface area contributed by atoms with E-state index in [0.717, 1.165) is 0 Å². The number of hydrogen-bond acceptors (Lipinski definition) is 0. The first kappa shape index (κ1) is 15.8. The van der Waals surface area contributed by atoms with Crippen molar-refractivity contribution < 1.29 is 32.6 Å². The molecule has 0 N–H and O–H groups in total. The largest absolute Gasteiger partial charge is 0.385 e. The first-order valence-corrected chi connectivity index (χ1v) is 0.567. The molecule has 0 aromatic carbocycles. The summed E-state index contributed by atoms with van der Waals surface area (Å²) in [5, 5.41) is 0. The van der Waals surface area contributed by atoms with Crippen LogP contribution in [0.4, 0.5) is 13.2 Å². The van der Waals surface area contributed by atoms with E-state index >= 15 is 0 Å². The second-order valence-corrected chi connectivity index (χ2v) is 0.214. The van der Waals surface area contributed by atoms with Gasteiger partial charge in [-0.1, -0.05) is 0 Å². The molecule has 6 heavy (non-hydrogen) atoms. The van der Waals surface area contributed by atoms with Crippen LogP contribution >= 0.6 is 17.0 Å². The average Bonchev–Trinajstić information content (AvgIpc) is 0.811. The van der Waals surface area contributed by atoms with E-state index in [9.17, 15) is 13.2 Å². The van der Waals surface area contributed by atoms with Crippen LogP contribution < -0.4 is 0 Å². The van der Waals surface area contributed by atoms with Crippen LogP contribution in [0.2, 0.25) is 0 Å². The zero-order valence-corrected chi connectivity index (χ0v) is 7.43. The van der Waals surface area contributed by atoms with Crippen molar-refractivity contribution in [1.82, 2.24) is 0 Å². The summed E-state index contributed by atoms with van der Waals surface area (Å²) in [4.78, 5) is 0. The summed E-state index contributed by atoms with van der Waals surface area (Å²) < 4.78 is 28.8. The van der Waals surface area contributed by atoms with Gasteiger partial charge in [-0.05, 0) is 0 Å². The van der Waals surface area contributed by atoms with E-state index in [4.69, 9.17) is 0 Å². The van der Waals surface area contributed by atoms with E-state index in [2.05, 4.69) is 0 Å². The predicted molar refractivity (Wildman–Crippen MR) is 16.9 cm³/mol. The summed E-state index contributed by atoms with van der Waals surface area (Å²) in [6, 6.07) is 0. The molecule has 0 aliphatic rings. The van der Waals surface area contributed by atoms with E-state index in [1.165, 1.54) is 0 Å². The fourth-order valence-corrected chi connectivity index (χ4v) is 0. The summed E-state index contributed by atoms with van der Waals surface area (Å²) in [5.41, 5.74) is 0. The zero-order chi connectivity index (χ0) is 3.58. The van der Waals surface area contributed by atoms with Gasteiger partial charge in [0.1, 0.15) is 0 Å². The summed E-state index contributed by atoms with van der Waals surface area (Å²) in [6.45, 7) is -3.08. The molecule has 0 saturated carbocycles. The van der Waals surface area contributed by atoms with Crippen LogP contribution in [0.1, 0.15) is 0 Å². The third-order valence-corrected chi connectivity index (χ3v) is 0. The minimum atomic E-state index is -3.08. The molecule has 0 aromatic heterocycles. The maximum atomic E-state index is 9.58. The Kier molecular flexibility index (Phi) is 24.5. The fraction of sp³-hybridized carbons (Fsp3) is 0. The molecule has 0 amide bonds. The van der Waals surface area contributed by atoms with Gasteiger partial charge < -0.3 is 13.2 Å². The van der Waals surface area contributed by atoms with Gasteiger partial charge in [-0.2, -0.15) is 0 Å². The zero-order valence-electron chi connectivity index (χ0n) is 2.75. The van der Waals surface area contributed by atoms with E-state index in [1.54, 1.807) is 0 Å². The predicted octanol–water partition coefficient (Wildman–Crippen LogP) is 1.92. The second-order valence-electron chi connectivity index (χ2n) is 0.214. The number of rotatable bonds is 0. The molecule has 0 aromatic rings. The van der Waals surface area contributed by atoms with Crippen molar-refractivity contribution in [3.8, 4) is 0 Å². The minimum absolute atomic E-state index is 0. The standard InChI is InChI=1S/CF3.BrH.Zn/c2-1(3)4;;/h;1H;/q-1;;. The molecular weight excluding hydrogens is 214 g/mol. The average molecular weight is 215 g/mol. The van der Waals surface area contributed by atoms with E-state index < -0.39 is 6.68 Å². The molecule has 36 valence electrons. The third-order valence-electron chi connectivity index (χ3n) is 0. The molecule has 0 radical (unpaired) electrons. The van der Waals surface area contributed by atoms with Gasteiger partial charge in [0, 0.05) is 19.5 Å². The van der Waals surface area contributed by atoms with Gasteiger partial charge in [-0.25, -0.2) is 0 Å². The normalized spacial score (nSPS) is 6.00. The van der Waals surface area contributed by atoms with Crippen LogP contribution in [-0.2, 0) is 19.5 Å². The van der Waals surface area contributed by atoms with Gasteiger partial charge in [0.15, 0.2) is 6.68 Å². The molecule has 0 aliphatic carbocycles. The Balaban J connectivity index is -0.0000000450. The van der Waals surface area contributed by atoms with Crippen molar-refractivity contribution in [3.05, 3.63) is 6.68 Å². The fourth-order valence-electron chi connectivity index (χ4n) is 0. The van der Waals surface area contributed by atoms with E-state index in [0.29, 0.717) is 0 Å². The molecular formula is CHBrF3Zn-. The molecule has 0 nitrogen and oxygen atoms in total. The van der Waals surface area contributed by atoms with Crippen molar-refractivity contribution in [2.24, 2.45) is 0 Å². The van der Waals surface area contributed by atoms with Crippen molar-refractivity contribution in [2.45, 2.75) is 0 Å². The first-order chi connectivity index (χ1) is 1.73.